The van der Waals surface area contributed by atoms with E-state index < -0.39 is 0 Å². The Bertz CT molecular complexity index is 547. The Morgan fingerprint density at radius 2 is 2.29 bits per heavy atom. The maximum atomic E-state index is 6.23. The zero-order valence-electron chi connectivity index (χ0n) is 9.74. The van der Waals surface area contributed by atoms with Crippen LogP contribution in [0.15, 0.2) is 23.7 Å². The van der Waals surface area contributed by atoms with Gasteiger partial charge in [0.1, 0.15) is 0 Å². The maximum Gasteiger partial charge on any atom is 0.0963 e. The van der Waals surface area contributed by atoms with E-state index in [1.54, 1.807) is 11.3 Å². The Labute approximate surface area is 110 Å². The predicted octanol–water partition coefficient (Wildman–Crippen LogP) is 4.38. The molecule has 0 aliphatic heterocycles. The number of pyridine rings is 1. The molecule has 1 atom stereocenters. The standard InChI is InChI=1S/C14H14ClNS/c1-9-4-6-16-13-8-10(2-3-11(9)13)12-5-7-17-14(12)15/h4-7,10H,2-3,8H2,1H3. The smallest absolute Gasteiger partial charge is 0.0963 e. The Balaban J connectivity index is 1.94. The molecule has 1 nitrogen and oxygen atoms in total. The summed E-state index contributed by atoms with van der Waals surface area (Å²) in [5, 5.41) is 2.08. The molecule has 2 aromatic heterocycles. The molecular formula is C14H14ClNS. The van der Waals surface area contributed by atoms with Gasteiger partial charge in [0.25, 0.3) is 0 Å². The summed E-state index contributed by atoms with van der Waals surface area (Å²) in [6, 6.07) is 4.27. The van der Waals surface area contributed by atoms with Crippen LogP contribution in [0.4, 0.5) is 0 Å². The van der Waals surface area contributed by atoms with Crippen molar-refractivity contribution in [1.82, 2.24) is 4.98 Å². The molecule has 0 aromatic carbocycles. The number of hydrogen-bond acceptors (Lipinski definition) is 2. The monoisotopic (exact) mass is 263 g/mol. The Morgan fingerprint density at radius 3 is 3.06 bits per heavy atom. The van der Waals surface area contributed by atoms with Crippen molar-refractivity contribution in [1.29, 1.82) is 0 Å². The lowest BCUT2D eigenvalue weighted by molar-refractivity contribution is 0.572. The van der Waals surface area contributed by atoms with E-state index >= 15 is 0 Å². The molecule has 0 amide bonds. The Kier molecular flexibility index (Phi) is 2.93. The van der Waals surface area contributed by atoms with Crippen molar-refractivity contribution >= 4 is 22.9 Å². The lowest BCUT2D eigenvalue weighted by atomic mass is 9.82. The average Bonchev–Trinajstić information content (AvgIpc) is 2.75. The molecule has 3 rings (SSSR count). The molecule has 1 unspecified atom stereocenters. The summed E-state index contributed by atoms with van der Waals surface area (Å²) in [6.45, 7) is 2.18. The van der Waals surface area contributed by atoms with Gasteiger partial charge in [0.15, 0.2) is 0 Å². The molecule has 0 fully saturated rings. The fourth-order valence-corrected chi connectivity index (χ4v) is 3.76. The van der Waals surface area contributed by atoms with Crippen LogP contribution in [0.2, 0.25) is 4.34 Å². The molecule has 88 valence electrons. The summed E-state index contributed by atoms with van der Waals surface area (Å²) >= 11 is 7.86. The first-order valence-corrected chi connectivity index (χ1v) is 7.17. The fourth-order valence-electron chi connectivity index (χ4n) is 2.68. The van der Waals surface area contributed by atoms with Gasteiger partial charge in [0.2, 0.25) is 0 Å². The molecule has 1 aliphatic rings. The van der Waals surface area contributed by atoms with Crippen molar-refractivity contribution < 1.29 is 0 Å². The molecule has 0 bridgehead atoms. The van der Waals surface area contributed by atoms with Gasteiger partial charge in [0.05, 0.1) is 4.34 Å². The number of hydrogen-bond donors (Lipinski definition) is 0. The van der Waals surface area contributed by atoms with Gasteiger partial charge in [-0.15, -0.1) is 11.3 Å². The minimum absolute atomic E-state index is 0.551. The zero-order valence-corrected chi connectivity index (χ0v) is 11.3. The third kappa shape index (κ3) is 2.00. The van der Waals surface area contributed by atoms with Gasteiger partial charge in [0, 0.05) is 11.9 Å². The molecule has 0 saturated heterocycles. The SMILES string of the molecule is Cc1ccnc2c1CCC(c1ccsc1Cl)C2. The van der Waals surface area contributed by atoms with Gasteiger partial charge in [-0.1, -0.05) is 11.6 Å². The summed E-state index contributed by atoms with van der Waals surface area (Å²) in [5.41, 5.74) is 5.41. The Hall–Kier alpha value is -0.860. The Morgan fingerprint density at radius 1 is 1.41 bits per heavy atom. The van der Waals surface area contributed by atoms with Crippen LogP contribution in [0, 0.1) is 6.92 Å². The highest BCUT2D eigenvalue weighted by Gasteiger charge is 2.24. The van der Waals surface area contributed by atoms with E-state index in [-0.39, 0.29) is 0 Å². The first-order valence-electron chi connectivity index (χ1n) is 5.92. The molecular weight excluding hydrogens is 250 g/mol. The molecule has 2 heterocycles. The van der Waals surface area contributed by atoms with E-state index in [1.165, 1.54) is 28.8 Å². The van der Waals surface area contributed by atoms with Crippen molar-refractivity contribution in [3.8, 4) is 0 Å². The first-order chi connectivity index (χ1) is 8.25. The average molecular weight is 264 g/mol. The number of halogens is 1. The van der Waals surface area contributed by atoms with Gasteiger partial charge >= 0.3 is 0 Å². The second-order valence-corrected chi connectivity index (χ2v) is 6.16. The summed E-state index contributed by atoms with van der Waals surface area (Å²) in [6.07, 6.45) is 5.28. The van der Waals surface area contributed by atoms with Gasteiger partial charge in [-0.2, -0.15) is 0 Å². The first kappa shape index (κ1) is 11.2. The molecule has 0 N–H and O–H groups in total. The van der Waals surface area contributed by atoms with Crippen LogP contribution in [0.1, 0.15) is 34.7 Å². The molecule has 1 aliphatic carbocycles. The largest absolute Gasteiger partial charge is 0.261 e. The maximum absolute atomic E-state index is 6.23. The lowest BCUT2D eigenvalue weighted by Crippen LogP contribution is -2.15. The second-order valence-electron chi connectivity index (χ2n) is 4.64. The second kappa shape index (κ2) is 4.43. The molecule has 17 heavy (non-hydrogen) atoms. The zero-order chi connectivity index (χ0) is 11.8. The highest BCUT2D eigenvalue weighted by molar-refractivity contribution is 7.14. The summed E-state index contributed by atoms with van der Waals surface area (Å²) in [4.78, 5) is 4.53. The van der Waals surface area contributed by atoms with Crippen molar-refractivity contribution in [3.05, 3.63) is 50.4 Å². The van der Waals surface area contributed by atoms with Crippen LogP contribution in [-0.2, 0) is 12.8 Å². The van der Waals surface area contributed by atoms with Crippen molar-refractivity contribution in [2.45, 2.75) is 32.1 Å². The van der Waals surface area contributed by atoms with Crippen LogP contribution in [0.25, 0.3) is 0 Å². The molecule has 2 aromatic rings. The van der Waals surface area contributed by atoms with Gasteiger partial charge in [-0.05, 0) is 66.3 Å². The highest BCUT2D eigenvalue weighted by atomic mass is 35.5. The summed E-state index contributed by atoms with van der Waals surface area (Å²) in [7, 11) is 0. The normalized spacial score (nSPS) is 19.1. The molecule has 0 saturated carbocycles. The number of aromatic nitrogens is 1. The van der Waals surface area contributed by atoms with E-state index in [0.717, 1.165) is 17.2 Å². The van der Waals surface area contributed by atoms with E-state index in [1.807, 2.05) is 6.20 Å². The van der Waals surface area contributed by atoms with Crippen molar-refractivity contribution in [2.75, 3.05) is 0 Å². The van der Waals surface area contributed by atoms with Gasteiger partial charge in [-0.3, -0.25) is 4.98 Å². The number of aryl methyl sites for hydroxylation is 1. The minimum Gasteiger partial charge on any atom is -0.261 e. The molecule has 0 radical (unpaired) electrons. The van der Waals surface area contributed by atoms with Gasteiger partial charge in [-0.25, -0.2) is 0 Å². The molecule has 0 spiro atoms. The van der Waals surface area contributed by atoms with E-state index in [0.29, 0.717) is 5.92 Å². The molecule has 3 heteroatoms. The van der Waals surface area contributed by atoms with E-state index in [2.05, 4.69) is 29.4 Å². The number of rotatable bonds is 1. The van der Waals surface area contributed by atoms with Crippen LogP contribution >= 0.6 is 22.9 Å². The third-order valence-electron chi connectivity index (χ3n) is 3.65. The quantitative estimate of drug-likeness (QED) is 0.744. The number of fused-ring (bicyclic) bond motifs is 1. The highest BCUT2D eigenvalue weighted by Crippen LogP contribution is 2.38. The van der Waals surface area contributed by atoms with Gasteiger partial charge < -0.3 is 0 Å². The van der Waals surface area contributed by atoms with Crippen molar-refractivity contribution in [2.24, 2.45) is 0 Å². The third-order valence-corrected chi connectivity index (χ3v) is 4.85. The van der Waals surface area contributed by atoms with Crippen molar-refractivity contribution in [3.63, 3.8) is 0 Å². The van der Waals surface area contributed by atoms with E-state index in [4.69, 9.17) is 11.6 Å². The van der Waals surface area contributed by atoms with E-state index in [9.17, 15) is 0 Å². The van der Waals surface area contributed by atoms with Crippen LogP contribution < -0.4 is 0 Å². The minimum atomic E-state index is 0.551. The lowest BCUT2D eigenvalue weighted by Gasteiger charge is -2.24. The summed E-state index contributed by atoms with van der Waals surface area (Å²) < 4.78 is 0.950. The van der Waals surface area contributed by atoms with Crippen LogP contribution in [-0.4, -0.2) is 4.98 Å². The van der Waals surface area contributed by atoms with Crippen LogP contribution in [0.3, 0.4) is 0 Å². The fraction of sp³-hybridized carbons (Fsp3) is 0.357. The number of thiophene rings is 1. The number of nitrogens with zero attached hydrogens (tertiary/aromatic N) is 1. The summed E-state index contributed by atoms with van der Waals surface area (Å²) in [5.74, 6) is 0.551. The predicted molar refractivity (Wildman–Crippen MR) is 73.1 cm³/mol. The topological polar surface area (TPSA) is 12.9 Å². The van der Waals surface area contributed by atoms with Crippen LogP contribution in [0.5, 0.6) is 0 Å².